The van der Waals surface area contributed by atoms with Crippen molar-refractivity contribution in [2.45, 2.75) is 18.3 Å². The Morgan fingerprint density at radius 2 is 1.76 bits per heavy atom. The predicted molar refractivity (Wildman–Crippen MR) is 82.7 cm³/mol. The molecule has 0 aliphatic heterocycles. The molecule has 0 atom stereocenters. The van der Waals surface area contributed by atoms with E-state index in [-0.39, 0.29) is 11.3 Å². The number of amides is 1. The molecule has 2 aromatic carbocycles. The summed E-state index contributed by atoms with van der Waals surface area (Å²) in [6, 6.07) is 17.6. The third kappa shape index (κ3) is 2.92. The second-order valence-corrected chi connectivity index (χ2v) is 5.56. The van der Waals surface area contributed by atoms with Gasteiger partial charge in [-0.15, -0.1) is 0 Å². The second-order valence-electron chi connectivity index (χ2n) is 5.56. The fourth-order valence-corrected chi connectivity index (χ4v) is 2.60. The Labute approximate surface area is 124 Å². The molecule has 0 aromatic heterocycles. The number of hydrogen-bond acceptors (Lipinski definition) is 2. The summed E-state index contributed by atoms with van der Waals surface area (Å²) in [5.74, 6) is 0.731. The summed E-state index contributed by atoms with van der Waals surface area (Å²) in [6.07, 6.45) is 2.28. The van der Waals surface area contributed by atoms with Gasteiger partial charge in [0, 0.05) is 17.5 Å². The minimum atomic E-state index is -0.0279. The van der Waals surface area contributed by atoms with Gasteiger partial charge in [-0.3, -0.25) is 4.79 Å². The van der Waals surface area contributed by atoms with Crippen LogP contribution in [0.3, 0.4) is 0 Å². The van der Waals surface area contributed by atoms with E-state index in [0.717, 1.165) is 18.6 Å². The van der Waals surface area contributed by atoms with Gasteiger partial charge in [-0.1, -0.05) is 30.3 Å². The van der Waals surface area contributed by atoms with Crippen LogP contribution in [-0.2, 0) is 5.41 Å². The summed E-state index contributed by atoms with van der Waals surface area (Å²) in [6.45, 7) is 0.696. The minimum absolute atomic E-state index is 0.0279. The third-order valence-electron chi connectivity index (χ3n) is 4.18. The summed E-state index contributed by atoms with van der Waals surface area (Å²) in [5.41, 5.74) is 2.13. The summed E-state index contributed by atoms with van der Waals surface area (Å²) in [7, 11) is 1.62. The first kappa shape index (κ1) is 13.7. The molecule has 2 aromatic rings. The van der Waals surface area contributed by atoms with E-state index in [4.69, 9.17) is 4.74 Å². The van der Waals surface area contributed by atoms with Crippen LogP contribution in [0, 0.1) is 0 Å². The average molecular weight is 281 g/mol. The van der Waals surface area contributed by atoms with Crippen molar-refractivity contribution in [3.8, 4) is 5.75 Å². The van der Waals surface area contributed by atoms with E-state index < -0.39 is 0 Å². The highest BCUT2D eigenvalue weighted by Crippen LogP contribution is 2.47. The number of nitrogens with one attached hydrogen (secondary N) is 1. The summed E-state index contributed by atoms with van der Waals surface area (Å²) < 4.78 is 5.10. The van der Waals surface area contributed by atoms with E-state index in [1.54, 1.807) is 31.4 Å². The number of ether oxygens (including phenoxy) is 1. The Kier molecular flexibility index (Phi) is 3.65. The minimum Gasteiger partial charge on any atom is -0.497 e. The van der Waals surface area contributed by atoms with Gasteiger partial charge in [0.05, 0.1) is 7.11 Å². The van der Waals surface area contributed by atoms with Crippen molar-refractivity contribution in [2.24, 2.45) is 0 Å². The molecular formula is C18H19NO2. The quantitative estimate of drug-likeness (QED) is 0.914. The zero-order valence-corrected chi connectivity index (χ0v) is 12.1. The number of methoxy groups -OCH3 is 1. The molecule has 108 valence electrons. The maximum Gasteiger partial charge on any atom is 0.251 e. The maximum atomic E-state index is 12.2. The van der Waals surface area contributed by atoms with Crippen LogP contribution in [0.15, 0.2) is 54.6 Å². The molecule has 21 heavy (non-hydrogen) atoms. The highest BCUT2D eigenvalue weighted by Gasteiger charge is 2.44. The molecule has 1 amide bonds. The summed E-state index contributed by atoms with van der Waals surface area (Å²) >= 11 is 0. The molecule has 0 saturated heterocycles. The Morgan fingerprint density at radius 1 is 1.10 bits per heavy atom. The Morgan fingerprint density at radius 3 is 2.33 bits per heavy atom. The maximum absolute atomic E-state index is 12.2. The van der Waals surface area contributed by atoms with Gasteiger partial charge in [-0.05, 0) is 42.7 Å². The predicted octanol–water partition coefficient (Wildman–Crippen LogP) is 3.16. The van der Waals surface area contributed by atoms with E-state index in [2.05, 4.69) is 29.6 Å². The largest absolute Gasteiger partial charge is 0.497 e. The number of rotatable bonds is 5. The van der Waals surface area contributed by atoms with Crippen molar-refractivity contribution in [1.29, 1.82) is 0 Å². The van der Waals surface area contributed by atoms with Crippen LogP contribution in [0.5, 0.6) is 5.75 Å². The molecule has 1 aliphatic carbocycles. The van der Waals surface area contributed by atoms with Crippen molar-refractivity contribution >= 4 is 5.91 Å². The first-order valence-electron chi connectivity index (χ1n) is 7.21. The van der Waals surface area contributed by atoms with Gasteiger partial charge < -0.3 is 10.1 Å². The lowest BCUT2D eigenvalue weighted by atomic mass is 9.96. The van der Waals surface area contributed by atoms with Crippen LogP contribution in [0.4, 0.5) is 0 Å². The Balaban J connectivity index is 1.63. The lowest BCUT2D eigenvalue weighted by Gasteiger charge is -2.16. The molecule has 0 unspecified atom stereocenters. The zero-order chi connectivity index (χ0) is 14.7. The van der Waals surface area contributed by atoms with Crippen molar-refractivity contribution in [2.75, 3.05) is 13.7 Å². The molecule has 0 bridgehead atoms. The monoisotopic (exact) mass is 281 g/mol. The second kappa shape index (κ2) is 5.60. The number of carbonyl (C=O) groups excluding carboxylic acids is 1. The van der Waals surface area contributed by atoms with Gasteiger partial charge in [-0.25, -0.2) is 0 Å². The van der Waals surface area contributed by atoms with Crippen molar-refractivity contribution in [3.63, 3.8) is 0 Å². The lowest BCUT2D eigenvalue weighted by Crippen LogP contribution is -2.32. The molecular weight excluding hydrogens is 262 g/mol. The topological polar surface area (TPSA) is 38.3 Å². The molecule has 3 rings (SSSR count). The van der Waals surface area contributed by atoms with Crippen molar-refractivity contribution in [1.82, 2.24) is 5.32 Å². The van der Waals surface area contributed by atoms with Gasteiger partial charge in [0.15, 0.2) is 0 Å². The van der Waals surface area contributed by atoms with E-state index in [1.165, 1.54) is 5.56 Å². The molecule has 1 fully saturated rings. The van der Waals surface area contributed by atoms with E-state index in [9.17, 15) is 4.79 Å². The van der Waals surface area contributed by atoms with Crippen LogP contribution in [0.2, 0.25) is 0 Å². The molecule has 1 saturated carbocycles. The fourth-order valence-electron chi connectivity index (χ4n) is 2.60. The van der Waals surface area contributed by atoms with E-state index in [0.29, 0.717) is 12.1 Å². The molecule has 1 aliphatic rings. The number of carbonyl (C=O) groups is 1. The van der Waals surface area contributed by atoms with E-state index >= 15 is 0 Å². The highest BCUT2D eigenvalue weighted by molar-refractivity contribution is 5.94. The standard InChI is InChI=1S/C18H19NO2/c1-21-16-9-7-14(8-10-16)17(20)19-13-18(11-12-18)15-5-3-2-4-6-15/h2-10H,11-13H2,1H3,(H,19,20). The molecule has 3 heteroatoms. The molecule has 0 radical (unpaired) electrons. The first-order chi connectivity index (χ1) is 10.2. The molecule has 0 heterocycles. The number of benzene rings is 2. The third-order valence-corrected chi connectivity index (χ3v) is 4.18. The van der Waals surface area contributed by atoms with Crippen LogP contribution in [0.1, 0.15) is 28.8 Å². The van der Waals surface area contributed by atoms with Gasteiger partial charge >= 0.3 is 0 Å². The molecule has 0 spiro atoms. The SMILES string of the molecule is COc1ccc(C(=O)NCC2(c3ccccc3)CC2)cc1. The van der Waals surface area contributed by atoms with Gasteiger partial charge in [0.2, 0.25) is 0 Å². The van der Waals surface area contributed by atoms with E-state index in [1.807, 2.05) is 6.07 Å². The summed E-state index contributed by atoms with van der Waals surface area (Å²) in [4.78, 5) is 12.2. The molecule has 3 nitrogen and oxygen atoms in total. The van der Waals surface area contributed by atoms with Crippen LogP contribution in [-0.4, -0.2) is 19.6 Å². The fraction of sp³-hybridized carbons (Fsp3) is 0.278. The average Bonchev–Trinajstić information content (AvgIpc) is 3.35. The number of hydrogen-bond donors (Lipinski definition) is 1. The smallest absolute Gasteiger partial charge is 0.251 e. The zero-order valence-electron chi connectivity index (χ0n) is 12.1. The van der Waals surface area contributed by atoms with Crippen LogP contribution in [0.25, 0.3) is 0 Å². The molecule has 1 N–H and O–H groups in total. The van der Waals surface area contributed by atoms with Gasteiger partial charge in [0.25, 0.3) is 5.91 Å². The lowest BCUT2D eigenvalue weighted by molar-refractivity contribution is 0.0949. The van der Waals surface area contributed by atoms with Gasteiger partial charge in [0.1, 0.15) is 5.75 Å². The van der Waals surface area contributed by atoms with Crippen LogP contribution < -0.4 is 10.1 Å². The normalized spacial score (nSPS) is 15.3. The highest BCUT2D eigenvalue weighted by atomic mass is 16.5. The summed E-state index contributed by atoms with van der Waals surface area (Å²) in [5, 5.41) is 3.06. The van der Waals surface area contributed by atoms with Crippen LogP contribution >= 0.6 is 0 Å². The first-order valence-corrected chi connectivity index (χ1v) is 7.21. The Bertz CT molecular complexity index is 615. The van der Waals surface area contributed by atoms with Gasteiger partial charge in [-0.2, -0.15) is 0 Å². The van der Waals surface area contributed by atoms with Crippen molar-refractivity contribution in [3.05, 3.63) is 65.7 Å². The Hall–Kier alpha value is -2.29. The van der Waals surface area contributed by atoms with Crippen molar-refractivity contribution < 1.29 is 9.53 Å².